The average Bonchev–Trinajstić information content (AvgIpc) is 2.90. The van der Waals surface area contributed by atoms with E-state index in [4.69, 9.17) is 4.42 Å². The monoisotopic (exact) mass is 277 g/mol. The summed E-state index contributed by atoms with van der Waals surface area (Å²) < 4.78 is 5.65. The zero-order valence-corrected chi connectivity index (χ0v) is 10.9. The SMILES string of the molecule is O=[N+]([O-])c1ccc2oc(N3CCCC(CO)C3)nc2c1. The molecule has 1 aromatic carbocycles. The van der Waals surface area contributed by atoms with Crippen molar-refractivity contribution < 1.29 is 14.4 Å². The highest BCUT2D eigenvalue weighted by Crippen LogP contribution is 2.28. The quantitative estimate of drug-likeness (QED) is 0.680. The van der Waals surface area contributed by atoms with Gasteiger partial charge in [0.25, 0.3) is 11.7 Å². The molecule has 1 aliphatic heterocycles. The second-order valence-corrected chi connectivity index (χ2v) is 5.04. The molecule has 0 saturated carbocycles. The van der Waals surface area contributed by atoms with Crippen LogP contribution in [0.1, 0.15) is 12.8 Å². The molecule has 1 atom stereocenters. The number of anilines is 1. The lowest BCUT2D eigenvalue weighted by Gasteiger charge is -2.30. The number of nitrogens with zero attached hydrogens (tertiary/aromatic N) is 3. The first-order valence-corrected chi connectivity index (χ1v) is 6.58. The van der Waals surface area contributed by atoms with Crippen molar-refractivity contribution in [3.8, 4) is 0 Å². The van der Waals surface area contributed by atoms with E-state index in [1.165, 1.54) is 12.1 Å². The van der Waals surface area contributed by atoms with Crippen LogP contribution in [-0.2, 0) is 0 Å². The molecule has 0 aliphatic carbocycles. The molecule has 20 heavy (non-hydrogen) atoms. The number of piperidine rings is 1. The highest BCUT2D eigenvalue weighted by molar-refractivity contribution is 5.77. The molecule has 0 bridgehead atoms. The van der Waals surface area contributed by atoms with Gasteiger partial charge in [0.15, 0.2) is 5.58 Å². The summed E-state index contributed by atoms with van der Waals surface area (Å²) in [6.07, 6.45) is 1.97. The van der Waals surface area contributed by atoms with Crippen LogP contribution in [0.5, 0.6) is 0 Å². The number of non-ortho nitro benzene ring substituents is 1. The normalized spacial score (nSPS) is 19.4. The fourth-order valence-corrected chi connectivity index (χ4v) is 2.54. The molecule has 1 unspecified atom stereocenters. The molecular weight excluding hydrogens is 262 g/mol. The van der Waals surface area contributed by atoms with Gasteiger partial charge in [0, 0.05) is 31.8 Å². The lowest BCUT2D eigenvalue weighted by molar-refractivity contribution is -0.384. The third-order valence-corrected chi connectivity index (χ3v) is 3.62. The van der Waals surface area contributed by atoms with Crippen LogP contribution in [-0.4, -0.2) is 34.7 Å². The lowest BCUT2D eigenvalue weighted by Crippen LogP contribution is -2.36. The summed E-state index contributed by atoms with van der Waals surface area (Å²) in [7, 11) is 0. The molecule has 0 amide bonds. The van der Waals surface area contributed by atoms with Crippen molar-refractivity contribution in [3.63, 3.8) is 0 Å². The standard InChI is InChI=1S/C13H15N3O4/c17-8-9-2-1-5-15(7-9)13-14-11-6-10(16(18)19)3-4-12(11)20-13/h3-4,6,9,17H,1-2,5,7-8H2. The van der Waals surface area contributed by atoms with Gasteiger partial charge in [-0.1, -0.05) is 0 Å². The van der Waals surface area contributed by atoms with Gasteiger partial charge in [-0.15, -0.1) is 0 Å². The van der Waals surface area contributed by atoms with Gasteiger partial charge in [0.05, 0.1) is 4.92 Å². The number of aliphatic hydroxyl groups is 1. The number of oxazole rings is 1. The number of nitro groups is 1. The summed E-state index contributed by atoms with van der Waals surface area (Å²) in [5.41, 5.74) is 1.03. The number of nitro benzene ring substituents is 1. The summed E-state index contributed by atoms with van der Waals surface area (Å²) in [5, 5.41) is 20.0. The molecular formula is C13H15N3O4. The second-order valence-electron chi connectivity index (χ2n) is 5.04. The lowest BCUT2D eigenvalue weighted by atomic mass is 10.00. The van der Waals surface area contributed by atoms with Crippen molar-refractivity contribution in [2.24, 2.45) is 5.92 Å². The van der Waals surface area contributed by atoms with Gasteiger partial charge in [-0.2, -0.15) is 4.98 Å². The Labute approximate surface area is 115 Å². The maximum atomic E-state index is 10.7. The Bertz CT molecular complexity index is 640. The van der Waals surface area contributed by atoms with Gasteiger partial charge >= 0.3 is 0 Å². The predicted molar refractivity (Wildman–Crippen MR) is 72.7 cm³/mol. The fraction of sp³-hybridized carbons (Fsp3) is 0.462. The minimum atomic E-state index is -0.448. The van der Waals surface area contributed by atoms with E-state index < -0.39 is 4.92 Å². The van der Waals surface area contributed by atoms with Crippen LogP contribution in [0.2, 0.25) is 0 Å². The van der Waals surface area contributed by atoms with Crippen LogP contribution in [0.25, 0.3) is 11.1 Å². The van der Waals surface area contributed by atoms with Gasteiger partial charge in [-0.3, -0.25) is 10.1 Å². The molecule has 1 fully saturated rings. The van der Waals surface area contributed by atoms with Gasteiger partial charge in [-0.25, -0.2) is 0 Å². The molecule has 1 aromatic heterocycles. The first-order valence-electron chi connectivity index (χ1n) is 6.58. The molecule has 0 radical (unpaired) electrons. The third kappa shape index (κ3) is 2.32. The molecule has 1 N–H and O–H groups in total. The topological polar surface area (TPSA) is 92.6 Å². The Morgan fingerprint density at radius 3 is 3.15 bits per heavy atom. The summed E-state index contributed by atoms with van der Waals surface area (Å²) >= 11 is 0. The fourth-order valence-electron chi connectivity index (χ4n) is 2.54. The Morgan fingerprint density at radius 1 is 1.55 bits per heavy atom. The summed E-state index contributed by atoms with van der Waals surface area (Å²) in [4.78, 5) is 16.6. The van der Waals surface area contributed by atoms with Crippen LogP contribution in [0.4, 0.5) is 11.7 Å². The molecule has 1 aliphatic rings. The number of fused-ring (bicyclic) bond motifs is 1. The summed E-state index contributed by atoms with van der Waals surface area (Å²) in [6.45, 7) is 1.68. The van der Waals surface area contributed by atoms with Gasteiger partial charge in [0.2, 0.25) is 0 Å². The van der Waals surface area contributed by atoms with E-state index in [9.17, 15) is 15.2 Å². The van der Waals surface area contributed by atoms with Crippen LogP contribution >= 0.6 is 0 Å². The summed E-state index contributed by atoms with van der Waals surface area (Å²) in [6, 6.07) is 4.86. The van der Waals surface area contributed by atoms with Crippen LogP contribution in [0.3, 0.4) is 0 Å². The summed E-state index contributed by atoms with van der Waals surface area (Å²) in [5.74, 6) is 0.230. The number of rotatable bonds is 3. The molecule has 2 heterocycles. The highest BCUT2D eigenvalue weighted by Gasteiger charge is 2.23. The Morgan fingerprint density at radius 2 is 2.40 bits per heavy atom. The Hall–Kier alpha value is -2.15. The van der Waals surface area contributed by atoms with Crippen molar-refractivity contribution >= 4 is 22.8 Å². The predicted octanol–water partition coefficient (Wildman–Crippen LogP) is 1.94. The first kappa shape index (κ1) is 12.9. The smallest absolute Gasteiger partial charge is 0.298 e. The molecule has 0 spiro atoms. The van der Waals surface area contributed by atoms with Crippen molar-refractivity contribution in [2.75, 3.05) is 24.6 Å². The van der Waals surface area contributed by atoms with Crippen LogP contribution < -0.4 is 4.90 Å². The average molecular weight is 277 g/mol. The second kappa shape index (κ2) is 5.09. The van der Waals surface area contributed by atoms with Gasteiger partial charge in [0.1, 0.15) is 5.52 Å². The number of aliphatic hydroxyl groups excluding tert-OH is 1. The van der Waals surface area contributed by atoms with Crippen LogP contribution in [0, 0.1) is 16.0 Å². The maximum absolute atomic E-state index is 10.7. The molecule has 7 nitrogen and oxygen atoms in total. The minimum absolute atomic E-state index is 0.00392. The van der Waals surface area contributed by atoms with Crippen molar-refractivity contribution in [2.45, 2.75) is 12.8 Å². The molecule has 3 rings (SSSR count). The van der Waals surface area contributed by atoms with E-state index in [1.807, 2.05) is 4.90 Å². The Balaban J connectivity index is 1.90. The van der Waals surface area contributed by atoms with Crippen molar-refractivity contribution in [1.82, 2.24) is 4.98 Å². The van der Waals surface area contributed by atoms with E-state index in [-0.39, 0.29) is 18.2 Å². The largest absolute Gasteiger partial charge is 0.423 e. The number of benzene rings is 1. The number of hydrogen-bond acceptors (Lipinski definition) is 6. The van der Waals surface area contributed by atoms with E-state index in [2.05, 4.69) is 4.98 Å². The van der Waals surface area contributed by atoms with Crippen LogP contribution in [0.15, 0.2) is 22.6 Å². The first-order chi connectivity index (χ1) is 9.67. The zero-order valence-electron chi connectivity index (χ0n) is 10.9. The Kier molecular flexibility index (Phi) is 3.27. The molecule has 7 heteroatoms. The maximum Gasteiger partial charge on any atom is 0.298 e. The molecule has 106 valence electrons. The molecule has 1 saturated heterocycles. The number of aromatic nitrogens is 1. The van der Waals surface area contributed by atoms with Crippen molar-refractivity contribution in [1.29, 1.82) is 0 Å². The third-order valence-electron chi connectivity index (χ3n) is 3.62. The van der Waals surface area contributed by atoms with Gasteiger partial charge < -0.3 is 14.4 Å². The van der Waals surface area contributed by atoms with E-state index in [0.29, 0.717) is 23.7 Å². The highest BCUT2D eigenvalue weighted by atomic mass is 16.6. The van der Waals surface area contributed by atoms with E-state index >= 15 is 0 Å². The minimum Gasteiger partial charge on any atom is -0.423 e. The van der Waals surface area contributed by atoms with E-state index in [0.717, 1.165) is 19.4 Å². The van der Waals surface area contributed by atoms with Gasteiger partial charge in [-0.05, 0) is 24.8 Å². The van der Waals surface area contributed by atoms with E-state index in [1.54, 1.807) is 6.07 Å². The zero-order chi connectivity index (χ0) is 14.1. The number of hydrogen-bond donors (Lipinski definition) is 1. The molecule has 2 aromatic rings. The van der Waals surface area contributed by atoms with Crippen molar-refractivity contribution in [3.05, 3.63) is 28.3 Å².